The summed E-state index contributed by atoms with van der Waals surface area (Å²) >= 11 is 0. The molecule has 2 heterocycles. The van der Waals surface area contributed by atoms with E-state index >= 15 is 0 Å². The Labute approximate surface area is 95.6 Å². The van der Waals surface area contributed by atoms with Crippen LogP contribution in [0.1, 0.15) is 37.9 Å². The Morgan fingerprint density at radius 2 is 2.38 bits per heavy atom. The summed E-state index contributed by atoms with van der Waals surface area (Å²) in [6.45, 7) is 7.42. The predicted octanol–water partition coefficient (Wildman–Crippen LogP) is 1.32. The SMILES string of the molecule is CCCOCc1noc(C2CNCC2C)n1. The van der Waals surface area contributed by atoms with Gasteiger partial charge in [0.25, 0.3) is 0 Å². The molecule has 1 aromatic rings. The fraction of sp³-hybridized carbons (Fsp3) is 0.818. The van der Waals surface area contributed by atoms with Crippen molar-refractivity contribution in [1.82, 2.24) is 15.5 Å². The number of ether oxygens (including phenoxy) is 1. The van der Waals surface area contributed by atoms with Gasteiger partial charge in [-0.25, -0.2) is 0 Å². The number of hydrogen-bond donors (Lipinski definition) is 1. The van der Waals surface area contributed by atoms with Gasteiger partial charge in [-0.2, -0.15) is 4.98 Å². The van der Waals surface area contributed by atoms with Gasteiger partial charge in [0.15, 0.2) is 5.82 Å². The van der Waals surface area contributed by atoms with Crippen molar-refractivity contribution in [1.29, 1.82) is 0 Å². The first-order valence-electron chi connectivity index (χ1n) is 5.92. The molecule has 1 saturated heterocycles. The second-order valence-corrected chi connectivity index (χ2v) is 4.34. The third-order valence-corrected chi connectivity index (χ3v) is 2.90. The molecule has 5 nitrogen and oxygen atoms in total. The van der Waals surface area contributed by atoms with Crippen molar-refractivity contribution in [3.8, 4) is 0 Å². The molecule has 5 heteroatoms. The van der Waals surface area contributed by atoms with E-state index < -0.39 is 0 Å². The Balaban J connectivity index is 1.91. The first-order valence-corrected chi connectivity index (χ1v) is 5.92. The third-order valence-electron chi connectivity index (χ3n) is 2.90. The Morgan fingerprint density at radius 3 is 3.06 bits per heavy atom. The number of nitrogens with one attached hydrogen (secondary N) is 1. The highest BCUT2D eigenvalue weighted by Crippen LogP contribution is 2.26. The zero-order chi connectivity index (χ0) is 11.4. The van der Waals surface area contributed by atoms with E-state index in [1.54, 1.807) is 0 Å². The highest BCUT2D eigenvalue weighted by molar-refractivity contribution is 5.00. The van der Waals surface area contributed by atoms with Crippen LogP contribution in [0, 0.1) is 5.92 Å². The second kappa shape index (κ2) is 5.41. The van der Waals surface area contributed by atoms with Crippen LogP contribution in [-0.2, 0) is 11.3 Å². The molecular formula is C11H19N3O2. The Morgan fingerprint density at radius 1 is 1.50 bits per heavy atom. The van der Waals surface area contributed by atoms with E-state index in [1.165, 1.54) is 0 Å². The summed E-state index contributed by atoms with van der Waals surface area (Å²) in [5.41, 5.74) is 0. The van der Waals surface area contributed by atoms with Gasteiger partial charge in [-0.3, -0.25) is 0 Å². The molecule has 16 heavy (non-hydrogen) atoms. The van der Waals surface area contributed by atoms with E-state index in [0.717, 1.165) is 32.0 Å². The highest BCUT2D eigenvalue weighted by Gasteiger charge is 2.29. The molecule has 1 aromatic heterocycles. The maximum atomic E-state index is 5.37. The van der Waals surface area contributed by atoms with Gasteiger partial charge in [0, 0.05) is 13.2 Å². The molecule has 1 aliphatic heterocycles. The molecule has 0 spiro atoms. The standard InChI is InChI=1S/C11H19N3O2/c1-3-4-15-7-10-13-11(16-14-10)9-6-12-5-8(9)2/h8-9,12H,3-7H2,1-2H3. The van der Waals surface area contributed by atoms with Crippen LogP contribution in [-0.4, -0.2) is 29.8 Å². The van der Waals surface area contributed by atoms with Crippen LogP contribution >= 0.6 is 0 Å². The third kappa shape index (κ3) is 2.59. The van der Waals surface area contributed by atoms with E-state index in [1.807, 2.05) is 0 Å². The van der Waals surface area contributed by atoms with E-state index in [4.69, 9.17) is 9.26 Å². The van der Waals surface area contributed by atoms with Crippen LogP contribution in [0.4, 0.5) is 0 Å². The molecule has 1 aliphatic rings. The highest BCUT2D eigenvalue weighted by atomic mass is 16.5. The minimum Gasteiger partial charge on any atom is -0.373 e. The molecule has 2 rings (SSSR count). The van der Waals surface area contributed by atoms with E-state index in [-0.39, 0.29) is 0 Å². The van der Waals surface area contributed by atoms with Gasteiger partial charge < -0.3 is 14.6 Å². The van der Waals surface area contributed by atoms with Crippen molar-refractivity contribution in [3.05, 3.63) is 11.7 Å². The van der Waals surface area contributed by atoms with Gasteiger partial charge in [0.2, 0.25) is 5.89 Å². The van der Waals surface area contributed by atoms with Crippen LogP contribution in [0.2, 0.25) is 0 Å². The Hall–Kier alpha value is -0.940. The summed E-state index contributed by atoms with van der Waals surface area (Å²) in [5.74, 6) is 2.31. The fourth-order valence-corrected chi connectivity index (χ4v) is 1.93. The lowest BCUT2D eigenvalue weighted by Crippen LogP contribution is -2.08. The van der Waals surface area contributed by atoms with Crippen molar-refractivity contribution in [2.75, 3.05) is 19.7 Å². The summed E-state index contributed by atoms with van der Waals surface area (Å²) in [7, 11) is 0. The summed E-state index contributed by atoms with van der Waals surface area (Å²) in [6, 6.07) is 0. The van der Waals surface area contributed by atoms with Gasteiger partial charge in [-0.1, -0.05) is 19.0 Å². The topological polar surface area (TPSA) is 60.2 Å². The van der Waals surface area contributed by atoms with Gasteiger partial charge in [-0.15, -0.1) is 0 Å². The van der Waals surface area contributed by atoms with E-state index in [9.17, 15) is 0 Å². The molecule has 2 unspecified atom stereocenters. The van der Waals surface area contributed by atoms with Crippen molar-refractivity contribution in [2.24, 2.45) is 5.92 Å². The Kier molecular flexibility index (Phi) is 3.90. The Bertz CT molecular complexity index is 327. The fourth-order valence-electron chi connectivity index (χ4n) is 1.93. The first-order chi connectivity index (χ1) is 7.81. The normalized spacial score (nSPS) is 25.1. The largest absolute Gasteiger partial charge is 0.373 e. The summed E-state index contributed by atoms with van der Waals surface area (Å²) in [4.78, 5) is 4.37. The molecule has 0 radical (unpaired) electrons. The van der Waals surface area contributed by atoms with Gasteiger partial charge in [0.05, 0.1) is 5.92 Å². The second-order valence-electron chi connectivity index (χ2n) is 4.34. The average molecular weight is 225 g/mol. The van der Waals surface area contributed by atoms with Gasteiger partial charge >= 0.3 is 0 Å². The number of hydrogen-bond acceptors (Lipinski definition) is 5. The molecule has 90 valence electrons. The lowest BCUT2D eigenvalue weighted by Gasteiger charge is -2.07. The zero-order valence-corrected chi connectivity index (χ0v) is 9.90. The van der Waals surface area contributed by atoms with Crippen molar-refractivity contribution >= 4 is 0 Å². The zero-order valence-electron chi connectivity index (χ0n) is 9.90. The van der Waals surface area contributed by atoms with Crippen LogP contribution in [0.3, 0.4) is 0 Å². The van der Waals surface area contributed by atoms with Crippen molar-refractivity contribution in [3.63, 3.8) is 0 Å². The number of aromatic nitrogens is 2. The quantitative estimate of drug-likeness (QED) is 0.766. The van der Waals surface area contributed by atoms with Crippen LogP contribution in [0.15, 0.2) is 4.52 Å². The van der Waals surface area contributed by atoms with E-state index in [0.29, 0.717) is 24.3 Å². The molecule has 2 atom stereocenters. The number of nitrogens with zero attached hydrogens (tertiary/aromatic N) is 2. The molecule has 0 aliphatic carbocycles. The maximum Gasteiger partial charge on any atom is 0.231 e. The lowest BCUT2D eigenvalue weighted by atomic mass is 9.98. The molecule has 1 fully saturated rings. The smallest absolute Gasteiger partial charge is 0.231 e. The number of rotatable bonds is 5. The van der Waals surface area contributed by atoms with Crippen LogP contribution in [0.5, 0.6) is 0 Å². The predicted molar refractivity (Wildman–Crippen MR) is 59.0 cm³/mol. The van der Waals surface area contributed by atoms with E-state index in [2.05, 4.69) is 29.3 Å². The minimum absolute atomic E-state index is 0.354. The summed E-state index contributed by atoms with van der Waals surface area (Å²) in [5, 5.41) is 7.25. The molecule has 0 saturated carbocycles. The average Bonchev–Trinajstić information content (AvgIpc) is 2.87. The summed E-state index contributed by atoms with van der Waals surface area (Å²) in [6.07, 6.45) is 1.01. The molecular weight excluding hydrogens is 206 g/mol. The molecule has 1 N–H and O–H groups in total. The van der Waals surface area contributed by atoms with Gasteiger partial charge in [0.1, 0.15) is 6.61 Å². The molecule has 0 bridgehead atoms. The van der Waals surface area contributed by atoms with Crippen LogP contribution < -0.4 is 5.32 Å². The summed E-state index contributed by atoms with van der Waals surface area (Å²) < 4.78 is 10.6. The first kappa shape index (κ1) is 11.5. The minimum atomic E-state index is 0.354. The molecule has 0 aromatic carbocycles. The lowest BCUT2D eigenvalue weighted by molar-refractivity contribution is 0.114. The van der Waals surface area contributed by atoms with Gasteiger partial charge in [-0.05, 0) is 18.9 Å². The monoisotopic (exact) mass is 225 g/mol. The van der Waals surface area contributed by atoms with Crippen molar-refractivity contribution < 1.29 is 9.26 Å². The molecule has 0 amide bonds. The maximum absolute atomic E-state index is 5.37. The van der Waals surface area contributed by atoms with Crippen LogP contribution in [0.25, 0.3) is 0 Å². The van der Waals surface area contributed by atoms with Crippen molar-refractivity contribution in [2.45, 2.75) is 32.8 Å².